The third-order valence-corrected chi connectivity index (χ3v) is 4.74. The van der Waals surface area contributed by atoms with Crippen molar-refractivity contribution >= 4 is 17.5 Å². The van der Waals surface area contributed by atoms with Gasteiger partial charge in [-0.3, -0.25) is 4.98 Å². The van der Waals surface area contributed by atoms with Gasteiger partial charge in [0.15, 0.2) is 5.82 Å². The third-order valence-electron chi connectivity index (χ3n) is 4.74. The number of nitrogens with one attached hydrogen (secondary N) is 1. The van der Waals surface area contributed by atoms with Crippen LogP contribution in [0.25, 0.3) is 0 Å². The summed E-state index contributed by atoms with van der Waals surface area (Å²) in [6, 6.07) is 12.1. The van der Waals surface area contributed by atoms with Crippen molar-refractivity contribution in [2.45, 2.75) is 6.54 Å². The highest BCUT2D eigenvalue weighted by molar-refractivity contribution is 5.51. The first-order valence-electron chi connectivity index (χ1n) is 9.28. The summed E-state index contributed by atoms with van der Waals surface area (Å²) < 4.78 is 5.23. The summed E-state index contributed by atoms with van der Waals surface area (Å²) >= 11 is 0. The van der Waals surface area contributed by atoms with Crippen LogP contribution in [0.15, 0.2) is 55.0 Å². The summed E-state index contributed by atoms with van der Waals surface area (Å²) in [5.41, 5.74) is 2.29. The molecule has 0 atom stereocenters. The van der Waals surface area contributed by atoms with Crippen LogP contribution < -0.4 is 19.9 Å². The Morgan fingerprint density at radius 2 is 1.79 bits per heavy atom. The van der Waals surface area contributed by atoms with Crippen LogP contribution in [0.5, 0.6) is 5.75 Å². The van der Waals surface area contributed by atoms with E-state index in [4.69, 9.17) is 4.74 Å². The molecule has 2 aromatic heterocycles. The molecule has 0 spiro atoms. The Kier molecular flexibility index (Phi) is 5.46. The van der Waals surface area contributed by atoms with Gasteiger partial charge >= 0.3 is 0 Å². The standard InChI is InChI=1S/C20H23N7O/c1-28-18-6-4-17(5-7-18)26-9-11-27(12-10-26)20-24-19(15-23-25-20)22-14-16-3-2-8-21-13-16/h2-8,13,15H,9-12,14H2,1H3,(H,22,24,25). The molecule has 0 bridgehead atoms. The van der Waals surface area contributed by atoms with Crippen LogP contribution in [0.3, 0.4) is 0 Å². The molecule has 0 amide bonds. The Bertz CT molecular complexity index is 881. The molecular weight excluding hydrogens is 354 g/mol. The van der Waals surface area contributed by atoms with Crippen LogP contribution in [0.1, 0.15) is 5.56 Å². The van der Waals surface area contributed by atoms with E-state index in [0.29, 0.717) is 18.3 Å². The van der Waals surface area contributed by atoms with Crippen LogP contribution in [0.2, 0.25) is 0 Å². The van der Waals surface area contributed by atoms with E-state index >= 15 is 0 Å². The fraction of sp³-hybridized carbons (Fsp3) is 0.300. The summed E-state index contributed by atoms with van der Waals surface area (Å²) in [5.74, 6) is 2.24. The molecule has 1 aliphatic rings. The quantitative estimate of drug-likeness (QED) is 0.700. The monoisotopic (exact) mass is 377 g/mol. The van der Waals surface area contributed by atoms with E-state index in [1.165, 1.54) is 5.69 Å². The summed E-state index contributed by atoms with van der Waals surface area (Å²) in [6.07, 6.45) is 5.24. The van der Waals surface area contributed by atoms with Crippen molar-refractivity contribution in [3.8, 4) is 5.75 Å². The molecule has 1 aromatic carbocycles. The van der Waals surface area contributed by atoms with E-state index in [0.717, 1.165) is 37.5 Å². The molecule has 1 aliphatic heterocycles. The number of benzene rings is 1. The molecule has 0 unspecified atom stereocenters. The number of aromatic nitrogens is 4. The van der Waals surface area contributed by atoms with Gasteiger partial charge in [-0.05, 0) is 35.9 Å². The Labute approximate surface area is 164 Å². The van der Waals surface area contributed by atoms with E-state index in [-0.39, 0.29) is 0 Å². The van der Waals surface area contributed by atoms with Crippen molar-refractivity contribution in [3.63, 3.8) is 0 Å². The molecule has 8 nitrogen and oxygen atoms in total. The van der Waals surface area contributed by atoms with Gasteiger partial charge in [0, 0.05) is 50.8 Å². The maximum absolute atomic E-state index is 5.23. The zero-order valence-electron chi connectivity index (χ0n) is 15.8. The van der Waals surface area contributed by atoms with Gasteiger partial charge in [-0.25, -0.2) is 0 Å². The molecule has 1 saturated heterocycles. The molecule has 0 aliphatic carbocycles. The first kappa shape index (κ1) is 18.0. The minimum Gasteiger partial charge on any atom is -0.497 e. The van der Waals surface area contributed by atoms with Crippen molar-refractivity contribution in [1.82, 2.24) is 20.2 Å². The molecular formula is C20H23N7O. The average molecular weight is 377 g/mol. The number of rotatable bonds is 6. The second-order valence-electron chi connectivity index (χ2n) is 6.53. The van der Waals surface area contributed by atoms with Crippen molar-refractivity contribution in [1.29, 1.82) is 0 Å². The molecule has 1 fully saturated rings. The lowest BCUT2D eigenvalue weighted by Crippen LogP contribution is -2.47. The van der Waals surface area contributed by atoms with Crippen molar-refractivity contribution in [2.24, 2.45) is 0 Å². The number of hydrogen-bond acceptors (Lipinski definition) is 8. The average Bonchev–Trinajstić information content (AvgIpc) is 2.79. The van der Waals surface area contributed by atoms with Crippen molar-refractivity contribution < 1.29 is 4.74 Å². The molecule has 144 valence electrons. The number of anilines is 3. The Morgan fingerprint density at radius 3 is 2.50 bits per heavy atom. The molecule has 3 aromatic rings. The van der Waals surface area contributed by atoms with Gasteiger partial charge < -0.3 is 19.9 Å². The van der Waals surface area contributed by atoms with E-state index in [1.807, 2.05) is 30.5 Å². The van der Waals surface area contributed by atoms with E-state index in [1.54, 1.807) is 19.5 Å². The second kappa shape index (κ2) is 8.51. The SMILES string of the molecule is COc1ccc(N2CCN(c3nncc(NCc4cccnc4)n3)CC2)cc1. The van der Waals surface area contributed by atoms with Crippen LogP contribution in [-0.4, -0.2) is 53.5 Å². The van der Waals surface area contributed by atoms with Gasteiger partial charge in [0.25, 0.3) is 0 Å². The smallest absolute Gasteiger partial charge is 0.247 e. The van der Waals surface area contributed by atoms with Crippen LogP contribution in [0, 0.1) is 0 Å². The van der Waals surface area contributed by atoms with E-state index < -0.39 is 0 Å². The first-order valence-corrected chi connectivity index (χ1v) is 9.28. The Morgan fingerprint density at radius 1 is 1.00 bits per heavy atom. The van der Waals surface area contributed by atoms with Crippen molar-refractivity contribution in [3.05, 3.63) is 60.6 Å². The highest BCUT2D eigenvalue weighted by Gasteiger charge is 2.20. The van der Waals surface area contributed by atoms with Crippen LogP contribution >= 0.6 is 0 Å². The molecule has 8 heteroatoms. The largest absolute Gasteiger partial charge is 0.497 e. The molecule has 1 N–H and O–H groups in total. The zero-order valence-corrected chi connectivity index (χ0v) is 15.8. The zero-order chi connectivity index (χ0) is 19.2. The minimum atomic E-state index is 0.650. The maximum Gasteiger partial charge on any atom is 0.247 e. The summed E-state index contributed by atoms with van der Waals surface area (Å²) in [6.45, 7) is 4.16. The summed E-state index contributed by atoms with van der Waals surface area (Å²) in [7, 11) is 1.68. The maximum atomic E-state index is 5.23. The number of nitrogens with zero attached hydrogens (tertiary/aromatic N) is 6. The lowest BCUT2D eigenvalue weighted by Gasteiger charge is -2.36. The molecule has 3 heterocycles. The third kappa shape index (κ3) is 4.28. The lowest BCUT2D eigenvalue weighted by molar-refractivity contribution is 0.415. The normalized spacial score (nSPS) is 14.0. The van der Waals surface area contributed by atoms with Gasteiger partial charge in [-0.1, -0.05) is 6.07 Å². The second-order valence-corrected chi connectivity index (χ2v) is 6.53. The van der Waals surface area contributed by atoms with Gasteiger partial charge in [0.2, 0.25) is 5.95 Å². The van der Waals surface area contributed by atoms with Crippen LogP contribution in [0.4, 0.5) is 17.5 Å². The predicted octanol–water partition coefficient (Wildman–Crippen LogP) is 2.21. The summed E-state index contributed by atoms with van der Waals surface area (Å²) in [4.78, 5) is 13.3. The molecule has 28 heavy (non-hydrogen) atoms. The fourth-order valence-electron chi connectivity index (χ4n) is 3.17. The highest BCUT2D eigenvalue weighted by Crippen LogP contribution is 2.21. The number of methoxy groups -OCH3 is 1. The van der Waals surface area contributed by atoms with Crippen molar-refractivity contribution in [2.75, 3.05) is 48.4 Å². The molecule has 0 saturated carbocycles. The molecule has 4 rings (SSSR count). The van der Waals surface area contributed by atoms with Gasteiger partial charge in [-0.15, -0.1) is 5.10 Å². The topological polar surface area (TPSA) is 79.3 Å². The van der Waals surface area contributed by atoms with Gasteiger partial charge in [0.1, 0.15) is 5.75 Å². The van der Waals surface area contributed by atoms with Gasteiger partial charge in [-0.2, -0.15) is 10.1 Å². The molecule has 0 radical (unpaired) electrons. The first-order chi connectivity index (χ1) is 13.8. The predicted molar refractivity (Wildman–Crippen MR) is 109 cm³/mol. The number of hydrogen-bond donors (Lipinski definition) is 1. The Balaban J connectivity index is 1.35. The Hall–Kier alpha value is -3.42. The van der Waals surface area contributed by atoms with E-state index in [2.05, 4.69) is 47.4 Å². The highest BCUT2D eigenvalue weighted by atomic mass is 16.5. The minimum absolute atomic E-state index is 0.650. The van der Waals surface area contributed by atoms with Crippen LogP contribution in [-0.2, 0) is 6.54 Å². The van der Waals surface area contributed by atoms with Gasteiger partial charge in [0.05, 0.1) is 13.3 Å². The number of piperazine rings is 1. The number of ether oxygens (including phenoxy) is 1. The van der Waals surface area contributed by atoms with E-state index in [9.17, 15) is 0 Å². The number of pyridine rings is 1. The fourth-order valence-corrected chi connectivity index (χ4v) is 3.17. The summed E-state index contributed by atoms with van der Waals surface area (Å²) in [5, 5.41) is 11.6. The lowest BCUT2D eigenvalue weighted by atomic mass is 10.2.